The van der Waals surface area contributed by atoms with Crippen molar-refractivity contribution >= 4 is 27.5 Å². The number of carbonyl (C=O) groups is 1. The van der Waals surface area contributed by atoms with Gasteiger partial charge in [-0.2, -0.15) is 13.5 Å². The summed E-state index contributed by atoms with van der Waals surface area (Å²) in [7, 11) is -3.26. The van der Waals surface area contributed by atoms with Gasteiger partial charge in [0.15, 0.2) is 6.04 Å². The van der Waals surface area contributed by atoms with Crippen LogP contribution in [0.3, 0.4) is 0 Å². The summed E-state index contributed by atoms with van der Waals surface area (Å²) >= 11 is 6.00. The number of ether oxygens (including phenoxy) is 2. The molecule has 1 heterocycles. The van der Waals surface area contributed by atoms with Gasteiger partial charge in [0.25, 0.3) is 5.92 Å². The van der Waals surface area contributed by atoms with Crippen LogP contribution in [0.4, 0.5) is 8.78 Å². The minimum atomic E-state index is -4.53. The number of hydrogen-bond donors (Lipinski definition) is 2. The van der Waals surface area contributed by atoms with E-state index in [1.54, 1.807) is 0 Å². The van der Waals surface area contributed by atoms with Crippen molar-refractivity contribution in [3.05, 3.63) is 53.1 Å². The van der Waals surface area contributed by atoms with Crippen molar-refractivity contribution < 1.29 is 31.5 Å². The van der Waals surface area contributed by atoms with Gasteiger partial charge < -0.3 is 20.1 Å². The molecule has 0 bridgehead atoms. The van der Waals surface area contributed by atoms with Gasteiger partial charge in [0, 0.05) is 24.7 Å². The van der Waals surface area contributed by atoms with Gasteiger partial charge >= 0.3 is 0 Å². The predicted octanol–water partition coefficient (Wildman–Crippen LogP) is 4.06. The van der Waals surface area contributed by atoms with Gasteiger partial charge in [0.05, 0.1) is 23.1 Å². The normalized spacial score (nSPS) is 18.4. The fourth-order valence-electron chi connectivity index (χ4n) is 4.73. The Morgan fingerprint density at radius 1 is 1.11 bits per heavy atom. The van der Waals surface area contributed by atoms with Crippen LogP contribution in [0.25, 0.3) is 0 Å². The molecule has 4 rings (SSSR count). The van der Waals surface area contributed by atoms with Gasteiger partial charge in [-0.15, -0.1) is 0 Å². The van der Waals surface area contributed by atoms with Gasteiger partial charge in [0.2, 0.25) is 15.9 Å². The number of rotatable bonds is 9. The van der Waals surface area contributed by atoms with E-state index in [1.165, 1.54) is 42.3 Å². The first-order valence-corrected chi connectivity index (χ1v) is 14.4. The lowest BCUT2D eigenvalue weighted by atomic mass is 9.98. The zero-order chi connectivity index (χ0) is 27.5. The zero-order valence-corrected chi connectivity index (χ0v) is 22.6. The number of piperidine rings is 1. The monoisotopic (exact) mass is 571 g/mol. The number of nitrogens with one attached hydrogen (secondary N) is 1. The third-order valence-corrected chi connectivity index (χ3v) is 8.76. The smallest absolute Gasteiger partial charge is 0.298 e. The van der Waals surface area contributed by atoms with E-state index in [9.17, 15) is 13.2 Å². The molecule has 0 aromatic heterocycles. The highest BCUT2D eigenvalue weighted by atomic mass is 35.5. The van der Waals surface area contributed by atoms with Gasteiger partial charge in [-0.25, -0.2) is 8.42 Å². The van der Waals surface area contributed by atoms with Gasteiger partial charge in [-0.3, -0.25) is 4.79 Å². The topological polar surface area (TPSA) is 111 Å². The van der Waals surface area contributed by atoms with Crippen LogP contribution in [-0.2, 0) is 20.7 Å². The van der Waals surface area contributed by atoms with E-state index in [4.69, 9.17) is 26.8 Å². The molecule has 1 amide bonds. The van der Waals surface area contributed by atoms with Crippen LogP contribution in [0.15, 0.2) is 47.4 Å². The minimum absolute atomic E-state index is 0.0281. The summed E-state index contributed by atoms with van der Waals surface area (Å²) in [6.45, 7) is 0.289. The fourth-order valence-corrected chi connectivity index (χ4v) is 6.12. The van der Waals surface area contributed by atoms with E-state index in [0.717, 1.165) is 37.8 Å². The highest BCUT2D eigenvalue weighted by Crippen LogP contribution is 2.38. The molecule has 2 aliphatic rings. The molecule has 12 heteroatoms. The number of nitrogens with zero attached hydrogens (tertiary/aromatic N) is 1. The van der Waals surface area contributed by atoms with Crippen LogP contribution in [0.5, 0.6) is 11.5 Å². The molecule has 1 saturated carbocycles. The van der Waals surface area contributed by atoms with E-state index in [-0.39, 0.29) is 40.9 Å². The number of likely N-dealkylation sites (tertiary alicyclic amines) is 1. The summed E-state index contributed by atoms with van der Waals surface area (Å²) in [6, 6.07) is 6.20. The highest BCUT2D eigenvalue weighted by Gasteiger charge is 2.50. The predicted molar refractivity (Wildman–Crippen MR) is 139 cm³/mol. The Bertz CT molecular complexity index is 1230. The second-order valence-electron chi connectivity index (χ2n) is 9.69. The Balaban J connectivity index is 1.63. The van der Waals surface area contributed by atoms with Crippen LogP contribution < -0.4 is 19.9 Å². The maximum absolute atomic E-state index is 16.0. The number of halogens is 3. The molecule has 1 aliphatic carbocycles. The van der Waals surface area contributed by atoms with Crippen LogP contribution in [-0.4, -0.2) is 57.6 Å². The molecule has 1 saturated heterocycles. The van der Waals surface area contributed by atoms with Crippen molar-refractivity contribution in [3.8, 4) is 11.5 Å². The molecule has 2 fully saturated rings. The van der Waals surface area contributed by atoms with Crippen molar-refractivity contribution in [1.82, 2.24) is 9.62 Å². The highest BCUT2D eigenvalue weighted by molar-refractivity contribution is 7.89. The maximum atomic E-state index is 16.0. The molecule has 0 spiro atoms. The molecular weight excluding hydrogens is 540 g/mol. The SMILES string of the molecule is COc1cc(C(F)(F)[C@H](NS(=O)(=O)c2ccc(OC3CCCC3)cc2)C(=O)N2CCC(N)CC2)ccc1Cl. The van der Waals surface area contributed by atoms with Gasteiger partial charge in [-0.1, -0.05) is 17.7 Å². The molecule has 0 radical (unpaired) electrons. The number of alkyl halides is 2. The number of carbonyl (C=O) groups excluding carboxylic acids is 1. The Kier molecular flexibility index (Phi) is 8.81. The first kappa shape index (κ1) is 28.5. The average Bonchev–Trinajstić information content (AvgIpc) is 3.41. The molecule has 38 heavy (non-hydrogen) atoms. The second kappa shape index (κ2) is 11.7. The van der Waals surface area contributed by atoms with Crippen LogP contribution in [0.2, 0.25) is 5.02 Å². The van der Waals surface area contributed by atoms with E-state index < -0.39 is 33.5 Å². The summed E-state index contributed by atoms with van der Waals surface area (Å²) in [6.07, 6.45) is 4.93. The van der Waals surface area contributed by atoms with Crippen molar-refractivity contribution in [2.75, 3.05) is 20.2 Å². The molecule has 0 unspecified atom stereocenters. The number of amides is 1. The summed E-state index contributed by atoms with van der Waals surface area (Å²) in [5.74, 6) is -4.51. The molecule has 3 N–H and O–H groups in total. The number of nitrogens with two attached hydrogens (primary N) is 1. The number of benzene rings is 2. The van der Waals surface area contributed by atoms with Crippen LogP contribution in [0.1, 0.15) is 44.1 Å². The fraction of sp³-hybridized carbons (Fsp3) is 0.500. The molecule has 2 aromatic carbocycles. The quantitative estimate of drug-likeness (QED) is 0.470. The summed E-state index contributed by atoms with van der Waals surface area (Å²) in [4.78, 5) is 14.4. The summed E-state index contributed by atoms with van der Waals surface area (Å²) in [5, 5.41) is 0.0976. The van der Waals surface area contributed by atoms with Crippen molar-refractivity contribution in [1.29, 1.82) is 0 Å². The lowest BCUT2D eigenvalue weighted by molar-refractivity contribution is -0.145. The lowest BCUT2D eigenvalue weighted by Crippen LogP contribution is -2.58. The standard InChI is InChI=1S/C26H32ClF2N3O5S/c1-36-23-16-17(6-11-22(23)27)26(28,29)24(25(33)32-14-12-18(30)13-15-32)31-38(34,35)21-9-7-20(8-10-21)37-19-4-2-3-5-19/h6-11,16,18-19,24,31H,2-5,12-15,30H2,1H3/t24-/m1/s1. The Morgan fingerprint density at radius 2 is 1.74 bits per heavy atom. The minimum Gasteiger partial charge on any atom is -0.495 e. The van der Waals surface area contributed by atoms with Gasteiger partial charge in [-0.05, 0) is 74.9 Å². The molecule has 1 aliphatic heterocycles. The van der Waals surface area contributed by atoms with Crippen molar-refractivity contribution in [3.63, 3.8) is 0 Å². The third-order valence-electron chi connectivity index (χ3n) is 7.01. The first-order valence-electron chi connectivity index (χ1n) is 12.6. The number of sulfonamides is 1. The Labute approximate surface area is 226 Å². The molecular formula is C26H32ClF2N3O5S. The lowest BCUT2D eigenvalue weighted by Gasteiger charge is -2.35. The summed E-state index contributed by atoms with van der Waals surface area (Å²) < 4.78 is 71.4. The average molecular weight is 572 g/mol. The molecule has 1 atom stereocenters. The van der Waals surface area contributed by atoms with Crippen LogP contribution >= 0.6 is 11.6 Å². The van der Waals surface area contributed by atoms with Crippen molar-refractivity contribution in [2.24, 2.45) is 5.73 Å². The van der Waals surface area contributed by atoms with Crippen molar-refractivity contribution in [2.45, 2.75) is 67.5 Å². The van der Waals surface area contributed by atoms with E-state index >= 15 is 8.78 Å². The maximum Gasteiger partial charge on any atom is 0.298 e. The number of hydrogen-bond acceptors (Lipinski definition) is 6. The van der Waals surface area contributed by atoms with Gasteiger partial charge in [0.1, 0.15) is 11.5 Å². The van der Waals surface area contributed by atoms with E-state index in [0.29, 0.717) is 18.6 Å². The third kappa shape index (κ3) is 6.39. The summed E-state index contributed by atoms with van der Waals surface area (Å²) in [5.41, 5.74) is 5.29. The van der Waals surface area contributed by atoms with E-state index in [1.807, 2.05) is 4.72 Å². The molecule has 2 aromatic rings. The molecule has 208 valence electrons. The number of methoxy groups -OCH3 is 1. The zero-order valence-electron chi connectivity index (χ0n) is 21.0. The first-order chi connectivity index (χ1) is 18.0. The molecule has 8 nitrogen and oxygen atoms in total. The second-order valence-corrected chi connectivity index (χ2v) is 11.8. The Morgan fingerprint density at radius 3 is 2.34 bits per heavy atom. The Hall–Kier alpha value is -2.47. The van der Waals surface area contributed by atoms with E-state index in [2.05, 4.69) is 0 Å². The van der Waals surface area contributed by atoms with Crippen LogP contribution in [0, 0.1) is 0 Å². The largest absolute Gasteiger partial charge is 0.495 e.